The van der Waals surface area contributed by atoms with Crippen LogP contribution in [0, 0.1) is 5.41 Å². The molecule has 1 heterocycles. The van der Waals surface area contributed by atoms with Gasteiger partial charge in [-0.25, -0.2) is 0 Å². The second-order valence-electron chi connectivity index (χ2n) is 0.731. The summed E-state index contributed by atoms with van der Waals surface area (Å²) in [7, 11) is 0. The predicted molar refractivity (Wildman–Crippen MR) is 24.5 cm³/mol. The summed E-state index contributed by atoms with van der Waals surface area (Å²) in [6, 6.07) is 0. The third-order valence-electron chi connectivity index (χ3n) is 0.379. The minimum atomic E-state index is 0. The standard InChI is InChI=1S/C4H3S.Cu/c1-2-4-5-3-1;/h1-3H;/q+1;+2. The van der Waals surface area contributed by atoms with Gasteiger partial charge < -0.3 is 0 Å². The molecule has 0 aliphatic carbocycles. The summed E-state index contributed by atoms with van der Waals surface area (Å²) < 4.78 is 0. The Balaban J connectivity index is 0.000000250. The zero-order valence-corrected chi connectivity index (χ0v) is 4.70. The van der Waals surface area contributed by atoms with Gasteiger partial charge in [0.25, 0.3) is 0 Å². The van der Waals surface area contributed by atoms with E-state index in [1.807, 2.05) is 17.6 Å². The van der Waals surface area contributed by atoms with Gasteiger partial charge in [-0.3, -0.25) is 0 Å². The third-order valence-corrected chi connectivity index (χ3v) is 0.944. The monoisotopic (exact) mass is 146 g/mol. The van der Waals surface area contributed by atoms with Gasteiger partial charge in [-0.2, -0.15) is 0 Å². The van der Waals surface area contributed by atoms with Crippen LogP contribution in [0.1, 0.15) is 0 Å². The average molecular weight is 147 g/mol. The molecule has 0 atom stereocenters. The summed E-state index contributed by atoms with van der Waals surface area (Å²) in [6.07, 6.45) is 3.86. The van der Waals surface area contributed by atoms with Crippen molar-refractivity contribution in [1.82, 2.24) is 0 Å². The molecule has 0 saturated heterocycles. The van der Waals surface area contributed by atoms with Gasteiger partial charge in [-0.15, -0.1) is 0 Å². The minimum Gasteiger partial charge on any atom is 0.0854 e. The molecule has 1 rings (SSSR count). The van der Waals surface area contributed by atoms with Gasteiger partial charge in [0.15, 0.2) is 6.08 Å². The fraction of sp³-hybridized carbons (Fsp3) is 0. The summed E-state index contributed by atoms with van der Waals surface area (Å²) in [5.41, 5.74) is 0. The number of hydrogen-bond donors (Lipinski definition) is 0. The van der Waals surface area contributed by atoms with Gasteiger partial charge in [-0.05, 0) is 0 Å². The molecule has 0 fully saturated rings. The Morgan fingerprint density at radius 1 is 1.50 bits per heavy atom. The average Bonchev–Trinajstić information content (AvgIpc) is 1.76. The molecule has 0 aromatic carbocycles. The predicted octanol–water partition coefficient (Wildman–Crippen LogP) is 1.56. The van der Waals surface area contributed by atoms with Crippen LogP contribution in [0.5, 0.6) is 0 Å². The van der Waals surface area contributed by atoms with E-state index in [1.165, 1.54) is 0 Å². The van der Waals surface area contributed by atoms with Crippen molar-refractivity contribution in [2.45, 2.75) is 0 Å². The van der Waals surface area contributed by atoms with Crippen molar-refractivity contribution < 1.29 is 17.1 Å². The van der Waals surface area contributed by atoms with Crippen molar-refractivity contribution >= 4 is 11.8 Å². The SMILES string of the molecule is [C+]1=CC=CS1.[Cu+2]. The molecule has 0 amide bonds. The first-order valence-electron chi connectivity index (χ1n) is 1.40. The Morgan fingerprint density at radius 3 is 2.50 bits per heavy atom. The van der Waals surface area contributed by atoms with E-state index < -0.39 is 0 Å². The van der Waals surface area contributed by atoms with Gasteiger partial charge in [-0.1, -0.05) is 0 Å². The Morgan fingerprint density at radius 2 is 2.33 bits per heavy atom. The number of hydrogen-bond acceptors (Lipinski definition) is 1. The third kappa shape index (κ3) is 1.64. The summed E-state index contributed by atoms with van der Waals surface area (Å²) in [4.78, 5) is 0. The van der Waals surface area contributed by atoms with Crippen molar-refractivity contribution in [2.75, 3.05) is 0 Å². The maximum absolute atomic E-state index is 2.90. The molecule has 0 nitrogen and oxygen atoms in total. The number of rotatable bonds is 0. The van der Waals surface area contributed by atoms with Gasteiger partial charge in [0, 0.05) is 0 Å². The number of allylic oxidation sites excluding steroid dienone is 2. The molecular weight excluding hydrogens is 144 g/mol. The molecule has 0 spiro atoms. The van der Waals surface area contributed by atoms with Crippen molar-refractivity contribution in [3.05, 3.63) is 23.0 Å². The molecule has 1 aliphatic rings. The van der Waals surface area contributed by atoms with Crippen LogP contribution in [0.25, 0.3) is 0 Å². The summed E-state index contributed by atoms with van der Waals surface area (Å²) in [6.45, 7) is 0. The van der Waals surface area contributed by atoms with Gasteiger partial charge in [0.05, 0.1) is 23.2 Å². The van der Waals surface area contributed by atoms with E-state index in [-0.39, 0.29) is 17.1 Å². The summed E-state index contributed by atoms with van der Waals surface area (Å²) >= 11 is 1.59. The normalized spacial score (nSPS) is 13.3. The van der Waals surface area contributed by atoms with E-state index in [0.29, 0.717) is 0 Å². The zero-order valence-electron chi connectivity index (χ0n) is 2.94. The summed E-state index contributed by atoms with van der Waals surface area (Å²) in [5, 5.41) is 4.89. The van der Waals surface area contributed by atoms with Crippen LogP contribution >= 0.6 is 11.8 Å². The molecular formula is C4H3CuS+3. The smallest absolute Gasteiger partial charge is 0.0854 e. The van der Waals surface area contributed by atoms with E-state index >= 15 is 0 Å². The fourth-order valence-electron chi connectivity index (χ4n) is 0.196. The molecule has 33 valence electrons. The fourth-order valence-corrected chi connectivity index (χ4v) is 0.589. The molecule has 0 aromatic rings. The topological polar surface area (TPSA) is 0 Å². The Kier molecular flexibility index (Phi) is 3.60. The van der Waals surface area contributed by atoms with Gasteiger partial charge in [0.2, 0.25) is 0 Å². The van der Waals surface area contributed by atoms with Crippen LogP contribution < -0.4 is 0 Å². The van der Waals surface area contributed by atoms with Crippen molar-refractivity contribution in [2.24, 2.45) is 0 Å². The first-order valence-corrected chi connectivity index (χ1v) is 2.27. The van der Waals surface area contributed by atoms with E-state index in [0.717, 1.165) is 0 Å². The van der Waals surface area contributed by atoms with Crippen LogP contribution in [0.4, 0.5) is 0 Å². The van der Waals surface area contributed by atoms with Crippen molar-refractivity contribution in [1.29, 1.82) is 0 Å². The second kappa shape index (κ2) is 3.45. The van der Waals surface area contributed by atoms with Gasteiger partial charge >= 0.3 is 17.1 Å². The molecule has 6 heavy (non-hydrogen) atoms. The van der Waals surface area contributed by atoms with Crippen LogP contribution in [0.2, 0.25) is 0 Å². The maximum atomic E-state index is 2.90. The van der Waals surface area contributed by atoms with Crippen LogP contribution in [0.3, 0.4) is 0 Å². The largest absolute Gasteiger partial charge is 2.00 e. The minimum absolute atomic E-state index is 0. The molecule has 0 unspecified atom stereocenters. The van der Waals surface area contributed by atoms with E-state index in [4.69, 9.17) is 0 Å². The number of thioether (sulfide) groups is 1. The van der Waals surface area contributed by atoms with E-state index in [2.05, 4.69) is 5.41 Å². The molecule has 0 N–H and O–H groups in total. The molecule has 1 radical (unpaired) electrons. The maximum Gasteiger partial charge on any atom is 2.00 e. The zero-order chi connectivity index (χ0) is 3.54. The van der Waals surface area contributed by atoms with Crippen LogP contribution in [-0.4, -0.2) is 0 Å². The second-order valence-corrected chi connectivity index (χ2v) is 1.47. The molecule has 1 aliphatic heterocycles. The molecule has 2 heteroatoms. The van der Waals surface area contributed by atoms with E-state index in [9.17, 15) is 0 Å². The van der Waals surface area contributed by atoms with Crippen LogP contribution in [-0.2, 0) is 17.1 Å². The molecule has 0 aromatic heterocycles. The van der Waals surface area contributed by atoms with Crippen molar-refractivity contribution in [3.63, 3.8) is 0 Å². The van der Waals surface area contributed by atoms with Crippen molar-refractivity contribution in [3.8, 4) is 0 Å². The van der Waals surface area contributed by atoms with E-state index in [1.54, 1.807) is 11.8 Å². The molecule has 0 saturated carbocycles. The Bertz CT molecular complexity index is 65.6. The van der Waals surface area contributed by atoms with Crippen LogP contribution in [0.15, 0.2) is 17.6 Å². The first-order chi connectivity index (χ1) is 2.50. The first kappa shape index (κ1) is 6.26. The quantitative estimate of drug-likeness (QED) is 0.369. The van der Waals surface area contributed by atoms with Gasteiger partial charge in [0.1, 0.15) is 5.41 Å². The molecule has 0 bridgehead atoms. The summed E-state index contributed by atoms with van der Waals surface area (Å²) in [5.74, 6) is 0. The Labute approximate surface area is 52.2 Å². The Hall–Kier alpha value is 0.259.